The van der Waals surface area contributed by atoms with Crippen LogP contribution in [0.1, 0.15) is 26.2 Å². The van der Waals surface area contributed by atoms with E-state index in [2.05, 4.69) is 59.6 Å². The van der Waals surface area contributed by atoms with Crippen molar-refractivity contribution in [2.45, 2.75) is 37.1 Å². The summed E-state index contributed by atoms with van der Waals surface area (Å²) < 4.78 is 0. The lowest BCUT2D eigenvalue weighted by Crippen LogP contribution is -2.47. The Morgan fingerprint density at radius 2 is 1.88 bits per heavy atom. The highest BCUT2D eigenvalue weighted by atomic mass is 35.5. The average Bonchev–Trinajstić information content (AvgIpc) is 2.64. The molecule has 5 heteroatoms. The minimum Gasteiger partial charge on any atom is -0.339 e. The number of halogens is 1. The molecule has 1 amide bonds. The van der Waals surface area contributed by atoms with E-state index < -0.39 is 0 Å². The summed E-state index contributed by atoms with van der Waals surface area (Å²) in [7, 11) is 0. The molecule has 0 aliphatic carbocycles. The Morgan fingerprint density at radius 1 is 1.16 bits per heavy atom. The van der Waals surface area contributed by atoms with Gasteiger partial charge in [-0.3, -0.25) is 4.79 Å². The summed E-state index contributed by atoms with van der Waals surface area (Å²) in [6, 6.07) is 15.2. The Bertz CT molecular complexity index is 688. The van der Waals surface area contributed by atoms with Crippen LogP contribution in [-0.2, 0) is 4.79 Å². The maximum atomic E-state index is 12.8. The van der Waals surface area contributed by atoms with Crippen LogP contribution >= 0.6 is 24.2 Å². The van der Waals surface area contributed by atoms with E-state index in [9.17, 15) is 4.79 Å². The predicted octanol–water partition coefficient (Wildman–Crippen LogP) is 4.34. The molecular weight excluding hydrogens is 352 g/mol. The van der Waals surface area contributed by atoms with Crippen LogP contribution in [0.2, 0.25) is 0 Å². The monoisotopic (exact) mass is 378 g/mol. The van der Waals surface area contributed by atoms with Gasteiger partial charge in [0, 0.05) is 17.5 Å². The van der Waals surface area contributed by atoms with Gasteiger partial charge in [0.05, 0.1) is 5.75 Å². The number of nitrogens with one attached hydrogen (secondary N) is 1. The number of carbonyl (C=O) groups excluding carboxylic acids is 1. The molecule has 1 N–H and O–H groups in total. The lowest BCUT2D eigenvalue weighted by molar-refractivity contribution is -0.131. The molecule has 136 valence electrons. The van der Waals surface area contributed by atoms with Gasteiger partial charge >= 0.3 is 0 Å². The Balaban J connectivity index is 0.00000225. The number of rotatable bonds is 6. The van der Waals surface area contributed by atoms with E-state index in [1.807, 2.05) is 0 Å². The van der Waals surface area contributed by atoms with Gasteiger partial charge in [0.1, 0.15) is 0 Å². The molecule has 3 rings (SSSR count). The van der Waals surface area contributed by atoms with Gasteiger partial charge in [-0.1, -0.05) is 37.3 Å². The number of piperidine rings is 1. The average molecular weight is 379 g/mol. The first-order valence-electron chi connectivity index (χ1n) is 8.89. The molecule has 25 heavy (non-hydrogen) atoms. The Labute approximate surface area is 161 Å². The molecule has 0 spiro atoms. The van der Waals surface area contributed by atoms with Crippen LogP contribution in [0.4, 0.5) is 0 Å². The highest BCUT2D eigenvalue weighted by Crippen LogP contribution is 2.24. The number of hydrogen-bond acceptors (Lipinski definition) is 3. The fourth-order valence-electron chi connectivity index (χ4n) is 3.36. The van der Waals surface area contributed by atoms with Crippen LogP contribution < -0.4 is 5.32 Å². The van der Waals surface area contributed by atoms with Gasteiger partial charge in [-0.05, 0) is 55.3 Å². The zero-order valence-corrected chi connectivity index (χ0v) is 16.4. The molecular formula is C20H27ClN2OS. The van der Waals surface area contributed by atoms with Crippen LogP contribution in [0.3, 0.4) is 0 Å². The number of fused-ring (bicyclic) bond motifs is 1. The number of benzene rings is 2. The Hall–Kier alpha value is -1.23. The number of amides is 1. The second-order valence-corrected chi connectivity index (χ2v) is 7.41. The van der Waals surface area contributed by atoms with Crippen molar-refractivity contribution in [2.75, 3.05) is 25.4 Å². The van der Waals surface area contributed by atoms with Crippen molar-refractivity contribution in [3.63, 3.8) is 0 Å². The summed E-state index contributed by atoms with van der Waals surface area (Å²) in [4.78, 5) is 16.0. The smallest absolute Gasteiger partial charge is 0.233 e. The van der Waals surface area contributed by atoms with Crippen LogP contribution in [0.15, 0.2) is 47.4 Å². The van der Waals surface area contributed by atoms with Crippen LogP contribution in [-0.4, -0.2) is 42.2 Å². The maximum Gasteiger partial charge on any atom is 0.233 e. The van der Waals surface area contributed by atoms with E-state index in [4.69, 9.17) is 0 Å². The number of hydrogen-bond donors (Lipinski definition) is 1. The summed E-state index contributed by atoms with van der Waals surface area (Å²) in [5.41, 5.74) is 0. The molecule has 0 atom stereocenters. The maximum absolute atomic E-state index is 12.8. The Morgan fingerprint density at radius 3 is 2.60 bits per heavy atom. The lowest BCUT2D eigenvalue weighted by Gasteiger charge is -2.34. The van der Waals surface area contributed by atoms with Crippen molar-refractivity contribution in [3.05, 3.63) is 42.5 Å². The molecule has 2 aromatic carbocycles. The van der Waals surface area contributed by atoms with Crippen molar-refractivity contribution in [1.82, 2.24) is 10.2 Å². The van der Waals surface area contributed by atoms with Crippen LogP contribution in [0.5, 0.6) is 0 Å². The van der Waals surface area contributed by atoms with Gasteiger partial charge in [-0.2, -0.15) is 0 Å². The van der Waals surface area contributed by atoms with Gasteiger partial charge in [0.2, 0.25) is 5.91 Å². The molecule has 2 aromatic rings. The van der Waals surface area contributed by atoms with E-state index in [0.717, 1.165) is 38.9 Å². The standard InChI is InChI=1S/C20H26N2OS.ClH/c1-2-13-22(18-9-11-21-12-10-18)20(23)15-24-19-8-7-16-5-3-4-6-17(16)14-19;/h3-8,14,18,21H,2,9-13,15H2,1H3;1H. The third kappa shape index (κ3) is 5.37. The Kier molecular flexibility index (Phi) is 8.07. The number of thioether (sulfide) groups is 1. The minimum absolute atomic E-state index is 0. The largest absolute Gasteiger partial charge is 0.339 e. The van der Waals surface area contributed by atoms with Crippen molar-refractivity contribution in [2.24, 2.45) is 0 Å². The third-order valence-electron chi connectivity index (χ3n) is 4.62. The van der Waals surface area contributed by atoms with Crippen molar-refractivity contribution < 1.29 is 4.79 Å². The zero-order valence-electron chi connectivity index (χ0n) is 14.7. The van der Waals surface area contributed by atoms with Crippen molar-refractivity contribution >= 4 is 40.8 Å². The minimum atomic E-state index is 0. The zero-order chi connectivity index (χ0) is 16.8. The van der Waals surface area contributed by atoms with E-state index >= 15 is 0 Å². The first-order chi connectivity index (χ1) is 11.8. The van der Waals surface area contributed by atoms with Gasteiger partial charge in [-0.25, -0.2) is 0 Å². The predicted molar refractivity (Wildman–Crippen MR) is 110 cm³/mol. The molecule has 0 saturated carbocycles. The third-order valence-corrected chi connectivity index (χ3v) is 5.60. The highest BCUT2D eigenvalue weighted by molar-refractivity contribution is 8.00. The van der Waals surface area contributed by atoms with Gasteiger partial charge in [0.15, 0.2) is 0 Å². The second kappa shape index (κ2) is 10.0. The molecule has 0 aromatic heterocycles. The normalized spacial score (nSPS) is 14.9. The SMILES string of the molecule is CCCN(C(=O)CSc1ccc2ccccc2c1)C1CCNCC1.Cl. The van der Waals surface area contributed by atoms with E-state index in [1.54, 1.807) is 11.8 Å². The first-order valence-corrected chi connectivity index (χ1v) is 9.88. The van der Waals surface area contributed by atoms with Gasteiger partial charge in [0.25, 0.3) is 0 Å². The summed E-state index contributed by atoms with van der Waals surface area (Å²) in [6.07, 6.45) is 3.18. The molecule has 0 unspecified atom stereocenters. The van der Waals surface area contributed by atoms with Gasteiger partial charge in [-0.15, -0.1) is 24.2 Å². The van der Waals surface area contributed by atoms with E-state index in [1.165, 1.54) is 15.7 Å². The fraction of sp³-hybridized carbons (Fsp3) is 0.450. The molecule has 0 radical (unpaired) electrons. The fourth-order valence-corrected chi connectivity index (χ4v) is 4.19. The molecule has 1 aliphatic rings. The van der Waals surface area contributed by atoms with Crippen LogP contribution in [0, 0.1) is 0 Å². The quantitative estimate of drug-likeness (QED) is 0.758. The second-order valence-electron chi connectivity index (χ2n) is 6.37. The highest BCUT2D eigenvalue weighted by Gasteiger charge is 2.24. The molecule has 1 heterocycles. The molecule has 1 fully saturated rings. The number of nitrogens with zero attached hydrogens (tertiary/aromatic N) is 1. The molecule has 0 bridgehead atoms. The lowest BCUT2D eigenvalue weighted by atomic mass is 10.0. The topological polar surface area (TPSA) is 32.3 Å². The van der Waals surface area contributed by atoms with E-state index in [0.29, 0.717) is 11.8 Å². The molecule has 1 saturated heterocycles. The van der Waals surface area contributed by atoms with Crippen molar-refractivity contribution in [1.29, 1.82) is 0 Å². The van der Waals surface area contributed by atoms with Crippen molar-refractivity contribution in [3.8, 4) is 0 Å². The molecule has 1 aliphatic heterocycles. The van der Waals surface area contributed by atoms with E-state index in [-0.39, 0.29) is 18.3 Å². The first kappa shape index (κ1) is 20.1. The summed E-state index contributed by atoms with van der Waals surface area (Å²) in [6.45, 7) is 5.07. The van der Waals surface area contributed by atoms with Crippen LogP contribution in [0.25, 0.3) is 10.8 Å². The summed E-state index contributed by atoms with van der Waals surface area (Å²) >= 11 is 1.65. The summed E-state index contributed by atoms with van der Waals surface area (Å²) in [5.74, 6) is 0.810. The molecule has 3 nitrogen and oxygen atoms in total. The summed E-state index contributed by atoms with van der Waals surface area (Å²) in [5, 5.41) is 5.86. The van der Waals surface area contributed by atoms with Gasteiger partial charge < -0.3 is 10.2 Å². The number of carbonyl (C=O) groups is 1.